The van der Waals surface area contributed by atoms with Crippen molar-refractivity contribution in [1.82, 2.24) is 5.32 Å². The van der Waals surface area contributed by atoms with Gasteiger partial charge in [0.2, 0.25) is 0 Å². The molecule has 0 aromatic heterocycles. The monoisotopic (exact) mass is 241 g/mol. The Labute approximate surface area is 108 Å². The third-order valence-corrected chi connectivity index (χ3v) is 5.05. The second kappa shape index (κ2) is 5.71. The van der Waals surface area contributed by atoms with Crippen molar-refractivity contribution < 1.29 is 4.74 Å². The summed E-state index contributed by atoms with van der Waals surface area (Å²) in [6, 6.07) is 0.662. The van der Waals surface area contributed by atoms with Gasteiger partial charge in [-0.25, -0.2) is 0 Å². The fraction of sp³-hybridized carbons (Fsp3) is 1.00. The summed E-state index contributed by atoms with van der Waals surface area (Å²) in [6.45, 7) is 13.9. The van der Waals surface area contributed by atoms with Crippen molar-refractivity contribution in [3.8, 4) is 0 Å². The van der Waals surface area contributed by atoms with Crippen LogP contribution < -0.4 is 5.32 Å². The zero-order chi connectivity index (χ0) is 13.1. The van der Waals surface area contributed by atoms with E-state index in [0.717, 1.165) is 19.1 Å². The van der Waals surface area contributed by atoms with E-state index in [2.05, 4.69) is 39.9 Å². The molecule has 0 amide bonds. The SMILES string of the molecule is CCCNC(CCCOC)C1C(C)(C)C1(C)C. The van der Waals surface area contributed by atoms with Gasteiger partial charge in [0.1, 0.15) is 0 Å². The molecule has 0 heterocycles. The van der Waals surface area contributed by atoms with Gasteiger partial charge in [-0.15, -0.1) is 0 Å². The average Bonchev–Trinajstić information content (AvgIpc) is 2.64. The maximum Gasteiger partial charge on any atom is 0.0462 e. The Morgan fingerprint density at radius 3 is 2.18 bits per heavy atom. The van der Waals surface area contributed by atoms with Crippen molar-refractivity contribution in [1.29, 1.82) is 0 Å². The second-order valence-electron chi connectivity index (χ2n) is 6.62. The fourth-order valence-electron chi connectivity index (χ4n) is 3.42. The Kier molecular flexibility index (Phi) is 5.03. The lowest BCUT2D eigenvalue weighted by Crippen LogP contribution is -2.34. The minimum Gasteiger partial charge on any atom is -0.385 e. The lowest BCUT2D eigenvalue weighted by molar-refractivity contribution is 0.185. The Bertz CT molecular complexity index is 221. The lowest BCUT2D eigenvalue weighted by atomic mass is 9.99. The maximum atomic E-state index is 5.17. The van der Waals surface area contributed by atoms with Crippen LogP contribution in [0.25, 0.3) is 0 Å². The molecule has 1 aliphatic carbocycles. The van der Waals surface area contributed by atoms with Gasteiger partial charge >= 0.3 is 0 Å². The first-order chi connectivity index (χ1) is 7.89. The van der Waals surface area contributed by atoms with E-state index in [1.54, 1.807) is 7.11 Å². The Balaban J connectivity index is 2.52. The van der Waals surface area contributed by atoms with Crippen LogP contribution in [0.5, 0.6) is 0 Å². The molecule has 1 atom stereocenters. The number of hydrogen-bond donors (Lipinski definition) is 1. The summed E-state index contributed by atoms with van der Waals surface area (Å²) in [5.74, 6) is 0.804. The Morgan fingerprint density at radius 2 is 1.76 bits per heavy atom. The highest BCUT2D eigenvalue weighted by atomic mass is 16.5. The van der Waals surface area contributed by atoms with E-state index in [4.69, 9.17) is 4.74 Å². The van der Waals surface area contributed by atoms with Crippen LogP contribution in [0.3, 0.4) is 0 Å². The average molecular weight is 241 g/mol. The number of methoxy groups -OCH3 is 1. The minimum atomic E-state index is 0.478. The highest BCUT2D eigenvalue weighted by Gasteiger charge is 2.66. The van der Waals surface area contributed by atoms with Crippen LogP contribution in [-0.4, -0.2) is 26.3 Å². The van der Waals surface area contributed by atoms with E-state index in [-0.39, 0.29) is 0 Å². The first-order valence-corrected chi connectivity index (χ1v) is 7.12. The molecule has 1 saturated carbocycles. The van der Waals surface area contributed by atoms with Crippen LogP contribution in [0.1, 0.15) is 53.9 Å². The van der Waals surface area contributed by atoms with E-state index < -0.39 is 0 Å². The highest BCUT2D eigenvalue weighted by molar-refractivity contribution is 5.16. The largest absolute Gasteiger partial charge is 0.385 e. The molecule has 0 saturated heterocycles. The molecule has 1 rings (SSSR count). The smallest absolute Gasteiger partial charge is 0.0462 e. The van der Waals surface area contributed by atoms with Crippen molar-refractivity contribution in [2.75, 3.05) is 20.3 Å². The van der Waals surface area contributed by atoms with Gasteiger partial charge in [0.25, 0.3) is 0 Å². The Morgan fingerprint density at radius 1 is 1.18 bits per heavy atom. The molecule has 17 heavy (non-hydrogen) atoms. The van der Waals surface area contributed by atoms with Gasteiger partial charge in [0.05, 0.1) is 0 Å². The molecule has 0 bridgehead atoms. The number of rotatable bonds is 8. The highest BCUT2D eigenvalue weighted by Crippen LogP contribution is 2.70. The van der Waals surface area contributed by atoms with Gasteiger partial charge in [-0.2, -0.15) is 0 Å². The van der Waals surface area contributed by atoms with Crippen LogP contribution >= 0.6 is 0 Å². The molecular formula is C15H31NO. The van der Waals surface area contributed by atoms with Crippen LogP contribution in [0.2, 0.25) is 0 Å². The van der Waals surface area contributed by atoms with Crippen LogP contribution in [0.4, 0.5) is 0 Å². The van der Waals surface area contributed by atoms with Gasteiger partial charge in [-0.3, -0.25) is 0 Å². The molecule has 1 unspecified atom stereocenters. The van der Waals surface area contributed by atoms with Gasteiger partial charge in [-0.1, -0.05) is 34.6 Å². The molecule has 0 aromatic rings. The molecule has 2 heteroatoms. The van der Waals surface area contributed by atoms with Crippen molar-refractivity contribution in [2.24, 2.45) is 16.7 Å². The van der Waals surface area contributed by atoms with E-state index in [9.17, 15) is 0 Å². The summed E-state index contributed by atoms with van der Waals surface area (Å²) >= 11 is 0. The third kappa shape index (κ3) is 3.03. The fourth-order valence-corrected chi connectivity index (χ4v) is 3.42. The predicted octanol–water partition coefficient (Wildman–Crippen LogP) is 3.46. The minimum absolute atomic E-state index is 0.478. The molecule has 0 aliphatic heterocycles. The standard InChI is InChI=1S/C15H31NO/c1-7-10-16-12(9-8-11-17-6)13-14(2,3)15(13,4)5/h12-13,16H,7-11H2,1-6H3. The van der Waals surface area contributed by atoms with Crippen molar-refractivity contribution in [3.63, 3.8) is 0 Å². The molecule has 1 aliphatic rings. The molecule has 1 fully saturated rings. The first kappa shape index (κ1) is 15.0. The summed E-state index contributed by atoms with van der Waals surface area (Å²) in [5, 5.41) is 3.75. The molecule has 0 spiro atoms. The summed E-state index contributed by atoms with van der Waals surface area (Å²) in [5.41, 5.74) is 0.955. The molecule has 0 radical (unpaired) electrons. The van der Waals surface area contributed by atoms with Gasteiger partial charge in [0, 0.05) is 19.8 Å². The molecular weight excluding hydrogens is 210 g/mol. The number of ether oxygens (including phenoxy) is 1. The van der Waals surface area contributed by atoms with E-state index in [1.807, 2.05) is 0 Å². The zero-order valence-corrected chi connectivity index (χ0v) is 12.6. The van der Waals surface area contributed by atoms with E-state index in [0.29, 0.717) is 16.9 Å². The van der Waals surface area contributed by atoms with Gasteiger partial charge < -0.3 is 10.1 Å². The van der Waals surface area contributed by atoms with Gasteiger partial charge in [0.15, 0.2) is 0 Å². The number of nitrogens with one attached hydrogen (secondary N) is 1. The lowest BCUT2D eigenvalue weighted by Gasteiger charge is -2.20. The predicted molar refractivity (Wildman–Crippen MR) is 74.2 cm³/mol. The summed E-state index contributed by atoms with van der Waals surface area (Å²) in [4.78, 5) is 0. The van der Waals surface area contributed by atoms with Crippen molar-refractivity contribution in [3.05, 3.63) is 0 Å². The third-order valence-electron chi connectivity index (χ3n) is 5.05. The number of hydrogen-bond acceptors (Lipinski definition) is 2. The topological polar surface area (TPSA) is 21.3 Å². The molecule has 0 aromatic carbocycles. The molecule has 102 valence electrons. The van der Waals surface area contributed by atoms with E-state index in [1.165, 1.54) is 19.3 Å². The first-order valence-electron chi connectivity index (χ1n) is 7.12. The molecule has 2 nitrogen and oxygen atoms in total. The summed E-state index contributed by atoms with van der Waals surface area (Å²) in [7, 11) is 1.79. The second-order valence-corrected chi connectivity index (χ2v) is 6.62. The normalized spacial score (nSPS) is 23.6. The summed E-state index contributed by atoms with van der Waals surface area (Å²) in [6.07, 6.45) is 3.63. The van der Waals surface area contributed by atoms with Crippen molar-refractivity contribution in [2.45, 2.75) is 59.9 Å². The molecule has 1 N–H and O–H groups in total. The van der Waals surface area contributed by atoms with Crippen LogP contribution in [0.15, 0.2) is 0 Å². The van der Waals surface area contributed by atoms with Crippen LogP contribution in [-0.2, 0) is 4.74 Å². The summed E-state index contributed by atoms with van der Waals surface area (Å²) < 4.78 is 5.17. The van der Waals surface area contributed by atoms with Gasteiger partial charge in [-0.05, 0) is 42.6 Å². The van der Waals surface area contributed by atoms with E-state index >= 15 is 0 Å². The quantitative estimate of drug-likeness (QED) is 0.657. The zero-order valence-electron chi connectivity index (χ0n) is 12.6. The van der Waals surface area contributed by atoms with Crippen molar-refractivity contribution >= 4 is 0 Å². The Hall–Kier alpha value is -0.0800. The maximum absolute atomic E-state index is 5.17. The van der Waals surface area contributed by atoms with Crippen LogP contribution in [0, 0.1) is 16.7 Å².